The van der Waals surface area contributed by atoms with Gasteiger partial charge in [0.1, 0.15) is 0 Å². The van der Waals surface area contributed by atoms with Crippen LogP contribution in [0.4, 0.5) is 5.69 Å². The van der Waals surface area contributed by atoms with Crippen LogP contribution in [-0.4, -0.2) is 38.2 Å². The number of halogens is 1. The molecule has 0 saturated heterocycles. The molecular formula is C18H31IN4O2. The van der Waals surface area contributed by atoms with Gasteiger partial charge in [-0.2, -0.15) is 0 Å². The average molecular weight is 462 g/mol. The monoisotopic (exact) mass is 462 g/mol. The van der Waals surface area contributed by atoms with Crippen molar-refractivity contribution in [2.24, 2.45) is 4.99 Å². The molecule has 1 amide bonds. The molecule has 0 bridgehead atoms. The zero-order valence-corrected chi connectivity index (χ0v) is 17.9. The van der Waals surface area contributed by atoms with Crippen molar-refractivity contribution in [3.8, 4) is 0 Å². The summed E-state index contributed by atoms with van der Waals surface area (Å²) in [5, 5.41) is 9.40. The second-order valence-electron chi connectivity index (χ2n) is 5.69. The van der Waals surface area contributed by atoms with E-state index in [-0.39, 0.29) is 35.9 Å². The second-order valence-corrected chi connectivity index (χ2v) is 5.69. The van der Waals surface area contributed by atoms with Crippen LogP contribution in [0.25, 0.3) is 0 Å². The van der Waals surface area contributed by atoms with Crippen LogP contribution in [-0.2, 0) is 16.1 Å². The number of carbonyl (C=O) groups is 1. The van der Waals surface area contributed by atoms with Gasteiger partial charge in [-0.15, -0.1) is 24.0 Å². The van der Waals surface area contributed by atoms with Crippen LogP contribution in [0.2, 0.25) is 0 Å². The maximum Gasteiger partial charge on any atom is 0.224 e. The van der Waals surface area contributed by atoms with Gasteiger partial charge in [0.25, 0.3) is 0 Å². The normalized spacial score (nSPS) is 12.1. The van der Waals surface area contributed by atoms with E-state index in [1.165, 1.54) is 0 Å². The lowest BCUT2D eigenvalue weighted by Crippen LogP contribution is -2.43. The highest BCUT2D eigenvalue weighted by Crippen LogP contribution is 2.11. The van der Waals surface area contributed by atoms with Gasteiger partial charge in [-0.3, -0.25) is 4.79 Å². The first-order chi connectivity index (χ1) is 11.6. The first kappa shape index (κ1) is 23.6. The highest BCUT2D eigenvalue weighted by molar-refractivity contribution is 14.0. The fourth-order valence-corrected chi connectivity index (χ4v) is 2.16. The van der Waals surface area contributed by atoms with E-state index in [0.29, 0.717) is 19.6 Å². The van der Waals surface area contributed by atoms with Crippen molar-refractivity contribution in [1.82, 2.24) is 10.6 Å². The number of rotatable bonds is 9. The van der Waals surface area contributed by atoms with Gasteiger partial charge in [0, 0.05) is 31.8 Å². The van der Waals surface area contributed by atoms with Crippen LogP contribution in [0.1, 0.15) is 39.2 Å². The number of amides is 1. The van der Waals surface area contributed by atoms with Gasteiger partial charge in [0.2, 0.25) is 5.91 Å². The summed E-state index contributed by atoms with van der Waals surface area (Å²) in [6, 6.07) is 7.96. The lowest BCUT2D eigenvalue weighted by atomic mass is 10.2. The molecule has 1 aromatic rings. The minimum absolute atomic E-state index is 0. The molecule has 1 aromatic carbocycles. The summed E-state index contributed by atoms with van der Waals surface area (Å²) in [5.74, 6) is 0.816. The molecule has 142 valence electrons. The van der Waals surface area contributed by atoms with Crippen molar-refractivity contribution in [2.75, 3.05) is 25.6 Å². The minimum atomic E-state index is 0. The van der Waals surface area contributed by atoms with Crippen molar-refractivity contribution < 1.29 is 9.53 Å². The number of methoxy groups -OCH3 is 1. The Morgan fingerprint density at radius 2 is 1.92 bits per heavy atom. The quantitative estimate of drug-likeness (QED) is 0.300. The molecular weight excluding hydrogens is 431 g/mol. The molecule has 1 rings (SSSR count). The van der Waals surface area contributed by atoms with E-state index in [4.69, 9.17) is 4.74 Å². The number of aliphatic imine (C=N–C) groups is 1. The molecule has 0 aliphatic carbocycles. The van der Waals surface area contributed by atoms with Gasteiger partial charge in [-0.25, -0.2) is 4.99 Å². The molecule has 0 aromatic heterocycles. The molecule has 6 nitrogen and oxygen atoms in total. The van der Waals surface area contributed by atoms with E-state index in [0.717, 1.165) is 30.2 Å². The third kappa shape index (κ3) is 10.3. The van der Waals surface area contributed by atoms with E-state index in [1.54, 1.807) is 7.11 Å². The van der Waals surface area contributed by atoms with E-state index in [1.807, 2.05) is 45.0 Å². The van der Waals surface area contributed by atoms with Crippen LogP contribution in [0.15, 0.2) is 29.3 Å². The number of hydrogen-bond acceptors (Lipinski definition) is 3. The number of nitrogens with one attached hydrogen (secondary N) is 3. The Kier molecular flexibility index (Phi) is 13.1. The molecule has 25 heavy (non-hydrogen) atoms. The van der Waals surface area contributed by atoms with Crippen LogP contribution in [0, 0.1) is 0 Å². The van der Waals surface area contributed by atoms with Crippen molar-refractivity contribution in [1.29, 1.82) is 0 Å². The molecule has 0 aliphatic rings. The third-order valence-electron chi connectivity index (χ3n) is 3.28. The van der Waals surface area contributed by atoms with Crippen LogP contribution < -0.4 is 16.0 Å². The lowest BCUT2D eigenvalue weighted by molar-refractivity contribution is -0.116. The second kappa shape index (κ2) is 13.9. The van der Waals surface area contributed by atoms with Crippen LogP contribution in [0.5, 0.6) is 0 Å². The van der Waals surface area contributed by atoms with Crippen molar-refractivity contribution >= 4 is 41.5 Å². The van der Waals surface area contributed by atoms with E-state index in [2.05, 4.69) is 20.9 Å². The molecule has 0 spiro atoms. The molecule has 0 aliphatic heterocycles. The number of nitrogens with zero attached hydrogens (tertiary/aromatic N) is 1. The number of ether oxygens (including phenoxy) is 1. The van der Waals surface area contributed by atoms with E-state index in [9.17, 15) is 4.79 Å². The Morgan fingerprint density at radius 3 is 2.48 bits per heavy atom. The minimum Gasteiger partial charge on any atom is -0.383 e. The molecule has 3 N–H and O–H groups in total. The summed E-state index contributed by atoms with van der Waals surface area (Å²) in [6.07, 6.45) is 1.39. The van der Waals surface area contributed by atoms with Gasteiger partial charge >= 0.3 is 0 Å². The number of benzene rings is 1. The Hall–Kier alpha value is -1.35. The van der Waals surface area contributed by atoms with Crippen LogP contribution in [0.3, 0.4) is 0 Å². The highest BCUT2D eigenvalue weighted by Gasteiger charge is 2.04. The largest absolute Gasteiger partial charge is 0.383 e. The Morgan fingerprint density at radius 1 is 1.24 bits per heavy atom. The first-order valence-electron chi connectivity index (χ1n) is 8.51. The van der Waals surface area contributed by atoms with Crippen molar-refractivity contribution in [2.45, 2.75) is 46.2 Å². The summed E-state index contributed by atoms with van der Waals surface area (Å²) >= 11 is 0. The van der Waals surface area contributed by atoms with Gasteiger partial charge in [0.05, 0.1) is 13.2 Å². The zero-order chi connectivity index (χ0) is 17.8. The number of hydrogen-bond donors (Lipinski definition) is 3. The predicted molar refractivity (Wildman–Crippen MR) is 115 cm³/mol. The smallest absolute Gasteiger partial charge is 0.224 e. The van der Waals surface area contributed by atoms with Crippen molar-refractivity contribution in [3.63, 3.8) is 0 Å². The van der Waals surface area contributed by atoms with Gasteiger partial charge in [-0.1, -0.05) is 19.1 Å². The average Bonchev–Trinajstić information content (AvgIpc) is 2.54. The molecule has 1 unspecified atom stereocenters. The molecule has 7 heteroatoms. The maximum atomic E-state index is 11.6. The fraction of sp³-hybridized carbons (Fsp3) is 0.556. The molecule has 1 atom stereocenters. The number of anilines is 1. The number of carbonyl (C=O) groups excluding carboxylic acids is 1. The predicted octanol–water partition coefficient (Wildman–Crippen LogP) is 3.13. The summed E-state index contributed by atoms with van der Waals surface area (Å²) in [4.78, 5) is 16.2. The SMILES string of the molecule is CCCC(=O)Nc1ccc(CN=C(NCC)NC(C)COC)cc1.I. The van der Waals surface area contributed by atoms with Gasteiger partial charge < -0.3 is 20.7 Å². The molecule has 0 fully saturated rings. The topological polar surface area (TPSA) is 74.8 Å². The standard InChI is InChI=1S/C18H30N4O2.HI/c1-5-7-17(23)22-16-10-8-15(9-11-16)12-20-18(19-6-2)21-14(3)13-24-4;/h8-11,14H,5-7,12-13H2,1-4H3,(H,22,23)(H2,19,20,21);1H. The van der Waals surface area contributed by atoms with Gasteiger partial charge in [0.15, 0.2) is 5.96 Å². The van der Waals surface area contributed by atoms with Gasteiger partial charge in [-0.05, 0) is 38.0 Å². The van der Waals surface area contributed by atoms with E-state index < -0.39 is 0 Å². The summed E-state index contributed by atoms with van der Waals surface area (Å²) in [7, 11) is 1.68. The third-order valence-corrected chi connectivity index (χ3v) is 3.28. The van der Waals surface area contributed by atoms with Crippen molar-refractivity contribution in [3.05, 3.63) is 29.8 Å². The van der Waals surface area contributed by atoms with E-state index >= 15 is 0 Å². The zero-order valence-electron chi connectivity index (χ0n) is 15.6. The summed E-state index contributed by atoms with van der Waals surface area (Å²) in [5.41, 5.74) is 1.90. The summed E-state index contributed by atoms with van der Waals surface area (Å²) in [6.45, 7) is 8.06. The molecule has 0 radical (unpaired) electrons. The molecule has 0 saturated carbocycles. The first-order valence-corrected chi connectivity index (χ1v) is 8.51. The van der Waals surface area contributed by atoms with Crippen LogP contribution >= 0.6 is 24.0 Å². The Bertz CT molecular complexity index is 520. The fourth-order valence-electron chi connectivity index (χ4n) is 2.16. The Balaban J connectivity index is 0.00000576. The highest BCUT2D eigenvalue weighted by atomic mass is 127. The summed E-state index contributed by atoms with van der Waals surface area (Å²) < 4.78 is 5.13. The lowest BCUT2D eigenvalue weighted by Gasteiger charge is -2.17. The maximum absolute atomic E-state index is 11.6. The number of guanidine groups is 1. The molecule has 0 heterocycles. The Labute approximate surface area is 168 Å².